The van der Waals surface area contributed by atoms with Gasteiger partial charge in [0.25, 0.3) is 0 Å². The molecule has 0 heterocycles. The van der Waals surface area contributed by atoms with Crippen LogP contribution in [0.15, 0.2) is 23.2 Å². The van der Waals surface area contributed by atoms with Gasteiger partial charge in [-0.2, -0.15) is 11.8 Å². The molecule has 0 radical (unpaired) electrons. The van der Waals surface area contributed by atoms with Gasteiger partial charge in [0.15, 0.2) is 5.96 Å². The van der Waals surface area contributed by atoms with Gasteiger partial charge in [0.2, 0.25) is 0 Å². The number of hydrogen-bond acceptors (Lipinski definition) is 5. The predicted octanol–water partition coefficient (Wildman–Crippen LogP) is 2.43. The van der Waals surface area contributed by atoms with Crippen LogP contribution < -0.4 is 20.1 Å². The third kappa shape index (κ3) is 7.04. The third-order valence-electron chi connectivity index (χ3n) is 3.77. The molecule has 25 heavy (non-hydrogen) atoms. The number of methoxy groups -OCH3 is 2. The summed E-state index contributed by atoms with van der Waals surface area (Å²) in [5, 5.41) is 16.9. The van der Waals surface area contributed by atoms with E-state index < -0.39 is 6.10 Å². The molecule has 0 fully saturated rings. The molecule has 1 aromatic rings. The molecule has 0 saturated carbocycles. The first-order valence-corrected chi connectivity index (χ1v) is 9.56. The van der Waals surface area contributed by atoms with E-state index in [0.717, 1.165) is 6.54 Å². The van der Waals surface area contributed by atoms with Crippen molar-refractivity contribution in [3.63, 3.8) is 0 Å². The summed E-state index contributed by atoms with van der Waals surface area (Å²) in [6.07, 6.45) is 1.33. The summed E-state index contributed by atoms with van der Waals surface area (Å²) in [4.78, 5) is 4.60. The maximum Gasteiger partial charge on any atom is 0.191 e. The molecule has 0 spiro atoms. The van der Waals surface area contributed by atoms with Gasteiger partial charge < -0.3 is 25.2 Å². The number of guanidine groups is 1. The Morgan fingerprint density at radius 2 is 2.00 bits per heavy atom. The van der Waals surface area contributed by atoms with Crippen LogP contribution in [0.1, 0.15) is 32.4 Å². The van der Waals surface area contributed by atoms with Crippen LogP contribution in [-0.2, 0) is 0 Å². The SMILES string of the molecule is CCNC(=NCC(C)(C)SC)NCC(O)c1cc(OC)ccc1OC. The maximum atomic E-state index is 10.6. The monoisotopic (exact) mass is 369 g/mol. The standard InChI is InChI=1S/C18H31N3O3S/c1-7-19-17(21-12-18(2,3)25-6)20-11-15(22)14-10-13(23-4)8-9-16(14)24-5/h8-10,15,22H,7,11-12H2,1-6H3,(H2,19,20,21). The van der Waals surface area contributed by atoms with Crippen molar-refractivity contribution in [1.29, 1.82) is 0 Å². The van der Waals surface area contributed by atoms with Crippen molar-refractivity contribution in [2.45, 2.75) is 31.6 Å². The number of benzene rings is 1. The fourth-order valence-corrected chi connectivity index (χ4v) is 2.27. The van der Waals surface area contributed by atoms with Crippen LogP contribution >= 0.6 is 11.8 Å². The first kappa shape index (κ1) is 21.4. The number of aliphatic imine (C=N–C) groups is 1. The van der Waals surface area contributed by atoms with Crippen LogP contribution in [0.5, 0.6) is 11.5 Å². The highest BCUT2D eigenvalue weighted by Crippen LogP contribution is 2.29. The molecule has 0 aliphatic heterocycles. The second-order valence-corrected chi connectivity index (χ2v) is 7.68. The summed E-state index contributed by atoms with van der Waals surface area (Å²) < 4.78 is 10.6. The van der Waals surface area contributed by atoms with Crippen molar-refractivity contribution in [2.24, 2.45) is 4.99 Å². The number of hydrogen-bond donors (Lipinski definition) is 3. The van der Waals surface area contributed by atoms with E-state index in [0.29, 0.717) is 36.1 Å². The third-order valence-corrected chi connectivity index (χ3v) is 5.01. The van der Waals surface area contributed by atoms with Crippen LogP contribution in [0.4, 0.5) is 0 Å². The lowest BCUT2D eigenvalue weighted by atomic mass is 10.1. The molecular weight excluding hydrogens is 338 g/mol. The van der Waals surface area contributed by atoms with Gasteiger partial charge in [-0.3, -0.25) is 4.99 Å². The van der Waals surface area contributed by atoms with Gasteiger partial charge in [0.05, 0.1) is 26.9 Å². The minimum absolute atomic E-state index is 0.0665. The molecule has 0 bridgehead atoms. The van der Waals surface area contributed by atoms with Crippen molar-refractivity contribution in [3.05, 3.63) is 23.8 Å². The quantitative estimate of drug-likeness (QED) is 0.459. The van der Waals surface area contributed by atoms with E-state index in [1.807, 2.05) is 6.92 Å². The minimum Gasteiger partial charge on any atom is -0.497 e. The molecule has 0 saturated heterocycles. The largest absolute Gasteiger partial charge is 0.497 e. The molecule has 0 aliphatic rings. The van der Waals surface area contributed by atoms with E-state index in [1.165, 1.54) is 0 Å². The number of thioether (sulfide) groups is 1. The fourth-order valence-electron chi connectivity index (χ4n) is 2.08. The summed E-state index contributed by atoms with van der Waals surface area (Å²) in [7, 11) is 3.18. The Kier molecular flexibility index (Phi) is 8.92. The van der Waals surface area contributed by atoms with Gasteiger partial charge in [-0.05, 0) is 45.2 Å². The summed E-state index contributed by atoms with van der Waals surface area (Å²) >= 11 is 1.77. The highest BCUT2D eigenvalue weighted by atomic mass is 32.2. The molecule has 1 rings (SSSR count). The zero-order valence-corrected chi connectivity index (χ0v) is 16.9. The Hall–Kier alpha value is -1.60. The maximum absolute atomic E-state index is 10.6. The number of aliphatic hydroxyl groups excluding tert-OH is 1. The summed E-state index contributed by atoms with van der Waals surface area (Å²) in [5.41, 5.74) is 0.676. The molecule has 1 unspecified atom stereocenters. The van der Waals surface area contributed by atoms with Gasteiger partial charge in [-0.25, -0.2) is 0 Å². The summed E-state index contributed by atoms with van der Waals surface area (Å²) in [6, 6.07) is 5.38. The van der Waals surface area contributed by atoms with Crippen molar-refractivity contribution < 1.29 is 14.6 Å². The molecule has 0 aliphatic carbocycles. The average Bonchev–Trinajstić information content (AvgIpc) is 2.63. The fraction of sp³-hybridized carbons (Fsp3) is 0.611. The van der Waals surface area contributed by atoms with Crippen LogP contribution in [-0.4, -0.2) is 55.9 Å². The van der Waals surface area contributed by atoms with Crippen molar-refractivity contribution in [1.82, 2.24) is 10.6 Å². The number of ether oxygens (including phenoxy) is 2. The average molecular weight is 370 g/mol. The Bertz CT molecular complexity index is 564. The second-order valence-electron chi connectivity index (χ2n) is 6.16. The van der Waals surface area contributed by atoms with Crippen molar-refractivity contribution in [3.8, 4) is 11.5 Å². The highest BCUT2D eigenvalue weighted by Gasteiger charge is 2.17. The number of aliphatic hydroxyl groups is 1. The van der Waals surface area contributed by atoms with Crippen LogP contribution in [0, 0.1) is 0 Å². The molecule has 142 valence electrons. The van der Waals surface area contributed by atoms with Crippen molar-refractivity contribution in [2.75, 3.05) is 40.1 Å². The topological polar surface area (TPSA) is 75.1 Å². The molecule has 1 aromatic carbocycles. The van der Waals surface area contributed by atoms with Gasteiger partial charge >= 0.3 is 0 Å². The van der Waals surface area contributed by atoms with Crippen LogP contribution in [0.25, 0.3) is 0 Å². The summed E-state index contributed by atoms with van der Waals surface area (Å²) in [5.74, 6) is 1.99. The van der Waals surface area contributed by atoms with E-state index >= 15 is 0 Å². The van der Waals surface area contributed by atoms with E-state index in [-0.39, 0.29) is 4.75 Å². The zero-order valence-electron chi connectivity index (χ0n) is 16.0. The lowest BCUT2D eigenvalue weighted by molar-refractivity contribution is 0.176. The number of nitrogens with zero attached hydrogens (tertiary/aromatic N) is 1. The predicted molar refractivity (Wildman–Crippen MR) is 106 cm³/mol. The Balaban J connectivity index is 2.80. The minimum atomic E-state index is -0.748. The van der Waals surface area contributed by atoms with E-state index in [1.54, 1.807) is 44.2 Å². The number of rotatable bonds is 9. The van der Waals surface area contributed by atoms with Crippen LogP contribution in [0.3, 0.4) is 0 Å². The van der Waals surface area contributed by atoms with Gasteiger partial charge in [0, 0.05) is 23.4 Å². The van der Waals surface area contributed by atoms with E-state index in [4.69, 9.17) is 9.47 Å². The highest BCUT2D eigenvalue weighted by molar-refractivity contribution is 7.99. The zero-order chi connectivity index (χ0) is 18.9. The molecule has 7 heteroatoms. The molecule has 6 nitrogen and oxygen atoms in total. The molecule has 0 amide bonds. The van der Waals surface area contributed by atoms with E-state index in [9.17, 15) is 5.11 Å². The van der Waals surface area contributed by atoms with Gasteiger partial charge in [0.1, 0.15) is 11.5 Å². The smallest absolute Gasteiger partial charge is 0.191 e. The lowest BCUT2D eigenvalue weighted by Gasteiger charge is -2.21. The van der Waals surface area contributed by atoms with Gasteiger partial charge in [-0.15, -0.1) is 0 Å². The molecule has 0 aromatic heterocycles. The number of nitrogens with one attached hydrogen (secondary N) is 2. The Morgan fingerprint density at radius 1 is 1.28 bits per heavy atom. The Morgan fingerprint density at radius 3 is 2.56 bits per heavy atom. The Labute approximate surface area is 155 Å². The first-order valence-electron chi connectivity index (χ1n) is 8.34. The molecule has 1 atom stereocenters. The van der Waals surface area contributed by atoms with Crippen molar-refractivity contribution >= 4 is 17.7 Å². The molecule has 3 N–H and O–H groups in total. The second kappa shape index (κ2) is 10.4. The lowest BCUT2D eigenvalue weighted by Crippen LogP contribution is -2.40. The van der Waals surface area contributed by atoms with E-state index in [2.05, 4.69) is 35.7 Å². The normalized spacial score (nSPS) is 13.3. The first-order chi connectivity index (χ1) is 11.9. The van der Waals surface area contributed by atoms with Gasteiger partial charge in [-0.1, -0.05) is 0 Å². The summed E-state index contributed by atoms with van der Waals surface area (Å²) in [6.45, 7) is 8.07. The van der Waals surface area contributed by atoms with Crippen LogP contribution in [0.2, 0.25) is 0 Å². The molecular formula is C18H31N3O3S.